The van der Waals surface area contributed by atoms with Gasteiger partial charge >= 0.3 is 0 Å². The Morgan fingerprint density at radius 1 is 0.860 bits per heavy atom. The van der Waals surface area contributed by atoms with Crippen LogP contribution in [0.3, 0.4) is 0 Å². The van der Waals surface area contributed by atoms with Gasteiger partial charge in [-0.1, -0.05) is 78.0 Å². The number of rotatable bonds is 4. The van der Waals surface area contributed by atoms with Crippen LogP contribution >= 0.6 is 0 Å². The number of carbonyl (C=O) groups excluding carboxylic acids is 3. The molecule has 0 heterocycles. The lowest BCUT2D eigenvalue weighted by Crippen LogP contribution is -2.75. The summed E-state index contributed by atoms with van der Waals surface area (Å²) in [5, 5.41) is 0. The minimum atomic E-state index is -0.414. The Labute approximate surface area is 258 Å². The fourth-order valence-corrected chi connectivity index (χ4v) is 12.3. The zero-order valence-corrected chi connectivity index (χ0v) is 27.7. The summed E-state index contributed by atoms with van der Waals surface area (Å²) in [6.07, 6.45) is 13.2. The Balaban J connectivity index is 1.42. The zero-order chi connectivity index (χ0) is 31.0. The van der Waals surface area contributed by atoms with Crippen molar-refractivity contribution in [3.05, 3.63) is 47.5 Å². The van der Waals surface area contributed by atoms with Crippen LogP contribution in [-0.2, 0) is 9.53 Å². The molecule has 4 saturated carbocycles. The molecule has 0 aromatic heterocycles. The van der Waals surface area contributed by atoms with Gasteiger partial charge in [0.25, 0.3) is 0 Å². The number of allylic oxidation sites excluding steroid dienone is 2. The zero-order valence-electron chi connectivity index (χ0n) is 27.7. The number of carbonyl (C=O) groups is 3. The number of hydrogen-bond acceptors (Lipinski definition) is 4. The predicted octanol–water partition coefficient (Wildman–Crippen LogP) is 8.53. The van der Waals surface area contributed by atoms with Gasteiger partial charge in [-0.05, 0) is 92.8 Å². The maximum atomic E-state index is 14.9. The van der Waals surface area contributed by atoms with Crippen LogP contribution in [0, 0.1) is 62.6 Å². The molecule has 7 aliphatic rings. The van der Waals surface area contributed by atoms with Crippen LogP contribution in [0.2, 0.25) is 0 Å². The molecule has 4 fully saturated rings. The highest BCUT2D eigenvalue weighted by Gasteiger charge is 2.79. The van der Waals surface area contributed by atoms with E-state index >= 15 is 0 Å². The molecule has 1 aromatic rings. The Hall–Kier alpha value is -2.07. The van der Waals surface area contributed by atoms with Gasteiger partial charge in [-0.25, -0.2) is 0 Å². The number of ketones is 2. The number of aldehydes is 1. The first-order valence-corrected chi connectivity index (χ1v) is 17.1. The third-order valence-electron chi connectivity index (χ3n) is 15.2. The van der Waals surface area contributed by atoms with Gasteiger partial charge in [0, 0.05) is 39.7 Å². The maximum Gasteiger partial charge on any atom is 0.168 e. The average molecular weight is 585 g/mol. The monoisotopic (exact) mass is 584 g/mol. The molecule has 11 atom stereocenters. The maximum absolute atomic E-state index is 14.9. The average Bonchev–Trinajstić information content (AvgIpc) is 3.32. The van der Waals surface area contributed by atoms with E-state index in [-0.39, 0.29) is 62.7 Å². The molecule has 6 unspecified atom stereocenters. The van der Waals surface area contributed by atoms with Crippen LogP contribution in [0.15, 0.2) is 36.4 Å². The Bertz CT molecular complexity index is 1410. The second-order valence-electron chi connectivity index (χ2n) is 17.6. The van der Waals surface area contributed by atoms with E-state index in [1.165, 1.54) is 0 Å². The Morgan fingerprint density at radius 2 is 1.51 bits per heavy atom. The SMILES string of the molecule is CC(C=O)C1CCC2[C@]1(C)CCC1[C@]23C=C[C@]2(C[C@@H](OC(C)(C)C(C)(C)C)CC[C@]12C)C1C(=O)c2ccccc2C(=O)C13. The van der Waals surface area contributed by atoms with Crippen LogP contribution in [0.25, 0.3) is 0 Å². The molecule has 4 heteroatoms. The second kappa shape index (κ2) is 9.02. The van der Waals surface area contributed by atoms with Crippen LogP contribution < -0.4 is 0 Å². The first kappa shape index (κ1) is 29.6. The summed E-state index contributed by atoms with van der Waals surface area (Å²) in [4.78, 5) is 42.0. The molecule has 1 aromatic carbocycles. The van der Waals surface area contributed by atoms with Crippen LogP contribution in [0.1, 0.15) is 121 Å². The van der Waals surface area contributed by atoms with Crippen molar-refractivity contribution < 1.29 is 19.1 Å². The van der Waals surface area contributed by atoms with E-state index in [1.54, 1.807) is 0 Å². The molecule has 232 valence electrons. The van der Waals surface area contributed by atoms with E-state index in [4.69, 9.17) is 4.74 Å². The van der Waals surface area contributed by atoms with Crippen molar-refractivity contribution in [3.8, 4) is 0 Å². The molecule has 43 heavy (non-hydrogen) atoms. The third-order valence-corrected chi connectivity index (χ3v) is 15.2. The van der Waals surface area contributed by atoms with Crippen LogP contribution in [0.5, 0.6) is 0 Å². The largest absolute Gasteiger partial charge is 0.372 e. The predicted molar refractivity (Wildman–Crippen MR) is 169 cm³/mol. The topological polar surface area (TPSA) is 60.4 Å². The highest BCUT2D eigenvalue weighted by molar-refractivity contribution is 6.17. The normalized spacial score (nSPS) is 45.5. The quantitative estimate of drug-likeness (QED) is 0.263. The molecule has 0 N–H and O–H groups in total. The summed E-state index contributed by atoms with van der Waals surface area (Å²) in [5.41, 5.74) is 0.0182. The Morgan fingerprint density at radius 3 is 2.14 bits per heavy atom. The standard InChI is InChI=1S/C39H52O4/c1-23(22-40)27-13-14-28-36(27,7)17-16-29-37(8)18-15-24(43-35(5,6)34(2,3)4)21-38(37)19-20-39(28,29)31-30(38)32(41)25-11-9-10-12-26(25)33(31)42/h9-12,19-20,22-24,27-31H,13-18,21H2,1-8H3/t23?,24-,27?,28?,29?,30?,31?,36+,37+,38-,39-/m0/s1. The van der Waals surface area contributed by atoms with Gasteiger partial charge in [-0.2, -0.15) is 0 Å². The van der Waals surface area contributed by atoms with E-state index in [9.17, 15) is 14.4 Å². The van der Waals surface area contributed by atoms with Crippen molar-refractivity contribution in [1.82, 2.24) is 0 Å². The number of fused-ring (bicyclic) bond motifs is 2. The Kier molecular flexibility index (Phi) is 6.21. The minimum Gasteiger partial charge on any atom is -0.372 e. The summed E-state index contributed by atoms with van der Waals surface area (Å²) >= 11 is 0. The molecular formula is C39H52O4. The minimum absolute atomic E-state index is 0.00718. The van der Waals surface area contributed by atoms with E-state index < -0.39 is 5.41 Å². The van der Waals surface area contributed by atoms with Gasteiger partial charge in [0.1, 0.15) is 6.29 Å². The molecule has 8 rings (SSSR count). The van der Waals surface area contributed by atoms with Crippen molar-refractivity contribution >= 4 is 17.9 Å². The first-order chi connectivity index (χ1) is 20.1. The van der Waals surface area contributed by atoms with E-state index in [2.05, 4.69) is 67.5 Å². The highest BCUT2D eigenvalue weighted by atomic mass is 16.5. The first-order valence-electron chi connectivity index (χ1n) is 17.1. The highest BCUT2D eigenvalue weighted by Crippen LogP contribution is 2.82. The molecule has 4 nitrogen and oxygen atoms in total. The van der Waals surface area contributed by atoms with E-state index in [0.717, 1.165) is 51.2 Å². The van der Waals surface area contributed by atoms with Gasteiger partial charge < -0.3 is 9.53 Å². The van der Waals surface area contributed by atoms with Crippen molar-refractivity contribution in [2.45, 2.75) is 112 Å². The smallest absolute Gasteiger partial charge is 0.168 e. The van der Waals surface area contributed by atoms with Gasteiger partial charge in [-0.15, -0.1) is 0 Å². The molecular weight excluding hydrogens is 532 g/mol. The van der Waals surface area contributed by atoms with Crippen molar-refractivity contribution in [2.75, 3.05) is 0 Å². The molecule has 0 aliphatic heterocycles. The number of benzene rings is 1. The van der Waals surface area contributed by atoms with Crippen LogP contribution in [0.4, 0.5) is 0 Å². The number of Topliss-reactive ketones (excluding diaryl/α,β-unsaturated/α-hetero) is 2. The second-order valence-corrected chi connectivity index (χ2v) is 17.6. The lowest BCUT2D eigenvalue weighted by Gasteiger charge is -2.76. The fourth-order valence-electron chi connectivity index (χ4n) is 12.3. The van der Waals surface area contributed by atoms with Gasteiger partial charge in [0.05, 0.1) is 11.7 Å². The summed E-state index contributed by atoms with van der Waals surface area (Å²) in [6, 6.07) is 7.62. The van der Waals surface area contributed by atoms with Crippen molar-refractivity contribution in [1.29, 1.82) is 0 Å². The van der Waals surface area contributed by atoms with Gasteiger partial charge in [0.15, 0.2) is 11.6 Å². The summed E-state index contributed by atoms with van der Waals surface area (Å²) in [7, 11) is 0. The molecule has 2 spiro atoms. The van der Waals surface area contributed by atoms with Gasteiger partial charge in [-0.3, -0.25) is 9.59 Å². The van der Waals surface area contributed by atoms with E-state index in [0.29, 0.717) is 28.9 Å². The number of hydrogen-bond donors (Lipinski definition) is 0. The number of ether oxygens (including phenoxy) is 1. The van der Waals surface area contributed by atoms with Crippen molar-refractivity contribution in [2.24, 2.45) is 62.6 Å². The molecule has 2 bridgehead atoms. The summed E-state index contributed by atoms with van der Waals surface area (Å²) in [6.45, 7) is 18.1. The molecule has 0 amide bonds. The van der Waals surface area contributed by atoms with Crippen molar-refractivity contribution in [3.63, 3.8) is 0 Å². The molecule has 0 radical (unpaired) electrons. The van der Waals surface area contributed by atoms with E-state index in [1.807, 2.05) is 24.3 Å². The fraction of sp³-hybridized carbons (Fsp3) is 0.718. The summed E-state index contributed by atoms with van der Waals surface area (Å²) < 4.78 is 7.00. The third kappa shape index (κ3) is 3.46. The molecule has 0 saturated heterocycles. The van der Waals surface area contributed by atoms with Gasteiger partial charge in [0.2, 0.25) is 0 Å². The lowest BCUT2D eigenvalue weighted by atomic mass is 9.26. The van der Waals surface area contributed by atoms with Crippen LogP contribution in [-0.4, -0.2) is 29.6 Å². The molecule has 7 aliphatic carbocycles. The summed E-state index contributed by atoms with van der Waals surface area (Å²) in [5.74, 6) is 0.612. The lowest BCUT2D eigenvalue weighted by molar-refractivity contribution is -0.249.